The van der Waals surface area contributed by atoms with Crippen molar-refractivity contribution in [2.24, 2.45) is 11.7 Å². The number of hydrogen-bond acceptors (Lipinski definition) is 1. The third-order valence-corrected chi connectivity index (χ3v) is 4.46. The van der Waals surface area contributed by atoms with Crippen LogP contribution in [0, 0.1) is 5.92 Å². The maximum atomic E-state index is 6.43. The molecule has 2 aromatic rings. The van der Waals surface area contributed by atoms with Crippen LogP contribution in [-0.4, -0.2) is 0 Å². The lowest BCUT2D eigenvalue weighted by Crippen LogP contribution is -2.13. The highest BCUT2D eigenvalue weighted by molar-refractivity contribution is 9.11. The number of halogens is 2. The van der Waals surface area contributed by atoms with E-state index >= 15 is 0 Å². The van der Waals surface area contributed by atoms with E-state index in [1.807, 2.05) is 12.1 Å². The quantitative estimate of drug-likeness (QED) is 0.729. The van der Waals surface area contributed by atoms with Gasteiger partial charge in [-0.3, -0.25) is 0 Å². The van der Waals surface area contributed by atoms with E-state index in [1.165, 1.54) is 5.56 Å². The van der Waals surface area contributed by atoms with Crippen LogP contribution in [0.3, 0.4) is 0 Å². The van der Waals surface area contributed by atoms with E-state index in [0.29, 0.717) is 5.92 Å². The average Bonchev–Trinajstić information content (AvgIpc) is 2.40. The molecule has 1 unspecified atom stereocenters. The lowest BCUT2D eigenvalue weighted by atomic mass is 9.95. The molecule has 2 rings (SSSR count). The molecule has 0 saturated heterocycles. The van der Waals surface area contributed by atoms with E-state index in [-0.39, 0.29) is 6.04 Å². The summed E-state index contributed by atoms with van der Waals surface area (Å²) in [5.41, 5.74) is 10.0. The molecule has 0 fully saturated rings. The molecule has 0 spiro atoms. The summed E-state index contributed by atoms with van der Waals surface area (Å²) in [6, 6.07) is 14.6. The Labute approximate surface area is 137 Å². The van der Waals surface area contributed by atoms with Crippen molar-refractivity contribution >= 4 is 31.9 Å². The van der Waals surface area contributed by atoms with Crippen molar-refractivity contribution < 1.29 is 0 Å². The molecule has 1 nitrogen and oxygen atoms in total. The fourth-order valence-electron chi connectivity index (χ4n) is 2.32. The molecule has 106 valence electrons. The van der Waals surface area contributed by atoms with Crippen molar-refractivity contribution in [3.8, 4) is 0 Å². The molecule has 3 heteroatoms. The highest BCUT2D eigenvalue weighted by atomic mass is 79.9. The second kappa shape index (κ2) is 6.88. The molecule has 0 aromatic heterocycles. The van der Waals surface area contributed by atoms with Crippen molar-refractivity contribution in [2.75, 3.05) is 0 Å². The zero-order chi connectivity index (χ0) is 14.7. The number of hydrogen-bond donors (Lipinski definition) is 1. The summed E-state index contributed by atoms with van der Waals surface area (Å²) in [4.78, 5) is 0. The minimum absolute atomic E-state index is 0.117. The average molecular weight is 397 g/mol. The SMILES string of the molecule is CC(C)Cc1cccc(C(N)c2cc(Br)ccc2Br)c1. The van der Waals surface area contributed by atoms with Gasteiger partial charge in [-0.2, -0.15) is 0 Å². The second-order valence-electron chi connectivity index (χ2n) is 5.49. The van der Waals surface area contributed by atoms with E-state index in [1.54, 1.807) is 0 Å². The third kappa shape index (κ3) is 3.94. The fraction of sp³-hybridized carbons (Fsp3) is 0.294. The van der Waals surface area contributed by atoms with Crippen molar-refractivity contribution in [3.05, 3.63) is 68.1 Å². The molecule has 20 heavy (non-hydrogen) atoms. The second-order valence-corrected chi connectivity index (χ2v) is 7.26. The van der Waals surface area contributed by atoms with Crippen LogP contribution in [0.5, 0.6) is 0 Å². The predicted octanol–water partition coefficient (Wildman–Crippen LogP) is 5.46. The summed E-state index contributed by atoms with van der Waals surface area (Å²) < 4.78 is 2.09. The van der Waals surface area contributed by atoms with Crippen molar-refractivity contribution in [1.82, 2.24) is 0 Å². The van der Waals surface area contributed by atoms with Gasteiger partial charge in [0.1, 0.15) is 0 Å². The molecule has 0 bridgehead atoms. The molecule has 0 aliphatic rings. The summed E-state index contributed by atoms with van der Waals surface area (Å²) in [7, 11) is 0. The summed E-state index contributed by atoms with van der Waals surface area (Å²) >= 11 is 7.09. The third-order valence-electron chi connectivity index (χ3n) is 3.25. The molecule has 2 N–H and O–H groups in total. The highest BCUT2D eigenvalue weighted by Crippen LogP contribution is 2.30. The minimum atomic E-state index is -0.117. The Kier molecular flexibility index (Phi) is 5.42. The van der Waals surface area contributed by atoms with Crippen molar-refractivity contribution in [1.29, 1.82) is 0 Å². The molecule has 0 heterocycles. The van der Waals surface area contributed by atoms with Crippen molar-refractivity contribution in [3.63, 3.8) is 0 Å². The first-order chi connectivity index (χ1) is 9.47. The predicted molar refractivity (Wildman–Crippen MR) is 92.9 cm³/mol. The van der Waals surface area contributed by atoms with Gasteiger partial charge in [0.2, 0.25) is 0 Å². The largest absolute Gasteiger partial charge is 0.320 e. The van der Waals surface area contributed by atoms with Crippen LogP contribution in [0.25, 0.3) is 0 Å². The molecule has 1 atom stereocenters. The van der Waals surface area contributed by atoms with Crippen molar-refractivity contribution in [2.45, 2.75) is 26.3 Å². The molecule has 2 aromatic carbocycles. The molecule has 0 saturated carbocycles. The Hall–Kier alpha value is -0.640. The van der Waals surface area contributed by atoms with Crippen LogP contribution in [-0.2, 0) is 6.42 Å². The first-order valence-corrected chi connectivity index (χ1v) is 8.35. The summed E-state index contributed by atoms with van der Waals surface area (Å²) in [5, 5.41) is 0. The summed E-state index contributed by atoms with van der Waals surface area (Å²) in [6.07, 6.45) is 1.08. The van der Waals surface area contributed by atoms with E-state index in [9.17, 15) is 0 Å². The molecule has 0 aliphatic carbocycles. The van der Waals surface area contributed by atoms with Gasteiger partial charge in [0.05, 0.1) is 6.04 Å². The maximum Gasteiger partial charge on any atom is 0.0563 e. The van der Waals surface area contributed by atoms with Gasteiger partial charge in [-0.1, -0.05) is 70.0 Å². The van der Waals surface area contributed by atoms with Crippen LogP contribution >= 0.6 is 31.9 Å². The van der Waals surface area contributed by atoms with Gasteiger partial charge in [0.15, 0.2) is 0 Å². The van der Waals surface area contributed by atoms with Gasteiger partial charge in [-0.15, -0.1) is 0 Å². The standard InChI is InChI=1S/C17H19Br2N/c1-11(2)8-12-4-3-5-13(9-12)17(20)15-10-14(18)6-7-16(15)19/h3-7,9-11,17H,8,20H2,1-2H3. The van der Waals surface area contributed by atoms with Crippen LogP contribution < -0.4 is 5.73 Å². The van der Waals surface area contributed by atoms with E-state index in [2.05, 4.69) is 76.0 Å². The summed E-state index contributed by atoms with van der Waals surface area (Å²) in [6.45, 7) is 4.47. The number of rotatable bonds is 4. The van der Waals surface area contributed by atoms with Gasteiger partial charge >= 0.3 is 0 Å². The smallest absolute Gasteiger partial charge is 0.0563 e. The topological polar surface area (TPSA) is 26.0 Å². The van der Waals surface area contributed by atoms with Gasteiger partial charge in [-0.25, -0.2) is 0 Å². The minimum Gasteiger partial charge on any atom is -0.320 e. The van der Waals surface area contributed by atoms with Gasteiger partial charge in [0.25, 0.3) is 0 Å². The van der Waals surface area contributed by atoms with Gasteiger partial charge in [0, 0.05) is 8.95 Å². The lowest BCUT2D eigenvalue weighted by Gasteiger charge is -2.16. The molecule has 0 radical (unpaired) electrons. The molecule has 0 amide bonds. The first kappa shape index (κ1) is 15.7. The zero-order valence-electron chi connectivity index (χ0n) is 11.7. The van der Waals surface area contributed by atoms with Gasteiger partial charge < -0.3 is 5.73 Å². The Morgan fingerprint density at radius 2 is 1.80 bits per heavy atom. The normalized spacial score (nSPS) is 12.7. The van der Waals surface area contributed by atoms with E-state index in [0.717, 1.165) is 26.5 Å². The number of nitrogens with two attached hydrogens (primary N) is 1. The van der Waals surface area contributed by atoms with Crippen LogP contribution in [0.4, 0.5) is 0 Å². The lowest BCUT2D eigenvalue weighted by molar-refractivity contribution is 0.646. The molecular weight excluding hydrogens is 378 g/mol. The Bertz CT molecular complexity index is 593. The van der Waals surface area contributed by atoms with Crippen LogP contribution in [0.2, 0.25) is 0 Å². The summed E-state index contributed by atoms with van der Waals surface area (Å²) in [5.74, 6) is 0.652. The van der Waals surface area contributed by atoms with E-state index in [4.69, 9.17) is 5.73 Å². The Balaban J connectivity index is 2.33. The zero-order valence-corrected chi connectivity index (χ0v) is 14.9. The molecular formula is C17H19Br2N. The maximum absolute atomic E-state index is 6.43. The fourth-order valence-corrected chi connectivity index (χ4v) is 3.19. The van der Waals surface area contributed by atoms with Crippen LogP contribution in [0.1, 0.15) is 36.6 Å². The van der Waals surface area contributed by atoms with Crippen LogP contribution in [0.15, 0.2) is 51.4 Å². The first-order valence-electron chi connectivity index (χ1n) is 6.76. The Morgan fingerprint density at radius 1 is 1.05 bits per heavy atom. The molecule has 0 aliphatic heterocycles. The Morgan fingerprint density at radius 3 is 2.50 bits per heavy atom. The van der Waals surface area contributed by atoms with E-state index < -0.39 is 0 Å². The monoisotopic (exact) mass is 395 g/mol. The number of benzene rings is 2. The highest BCUT2D eigenvalue weighted by Gasteiger charge is 2.13. The van der Waals surface area contributed by atoms with Gasteiger partial charge in [-0.05, 0) is 47.2 Å².